The zero-order chi connectivity index (χ0) is 13.7. The molecule has 2 rings (SSSR count). The molecule has 1 aliphatic heterocycles. The fourth-order valence-corrected chi connectivity index (χ4v) is 4.48. The van der Waals surface area contributed by atoms with Gasteiger partial charge in [-0.05, 0) is 44.6 Å². The summed E-state index contributed by atoms with van der Waals surface area (Å²) in [6.45, 7) is 7.29. The Hall–Kier alpha value is 0.270. The summed E-state index contributed by atoms with van der Waals surface area (Å²) in [5.74, 6) is 1.30. The molecule has 0 radical (unpaired) electrons. The van der Waals surface area contributed by atoms with Crippen molar-refractivity contribution in [3.05, 3.63) is 0 Å². The summed E-state index contributed by atoms with van der Waals surface area (Å²) in [7, 11) is 0. The Morgan fingerprint density at radius 1 is 1.32 bits per heavy atom. The number of thioether (sulfide) groups is 1. The van der Waals surface area contributed by atoms with Gasteiger partial charge in [-0.2, -0.15) is 11.8 Å². The van der Waals surface area contributed by atoms with Crippen molar-refractivity contribution in [2.75, 3.05) is 25.1 Å². The SMILES string of the molecule is CCC1CNC2(CCCCC2)CN1C(C)CCSC. The molecule has 0 aromatic heterocycles. The third kappa shape index (κ3) is 3.89. The number of nitrogens with one attached hydrogen (secondary N) is 1. The molecular weight excluding hydrogens is 252 g/mol. The summed E-state index contributed by atoms with van der Waals surface area (Å²) in [6.07, 6.45) is 11.9. The summed E-state index contributed by atoms with van der Waals surface area (Å²) >= 11 is 1.99. The summed E-state index contributed by atoms with van der Waals surface area (Å²) < 4.78 is 0. The molecular formula is C16H32N2S. The summed E-state index contributed by atoms with van der Waals surface area (Å²) in [6, 6.07) is 1.50. The van der Waals surface area contributed by atoms with Crippen molar-refractivity contribution < 1.29 is 0 Å². The lowest BCUT2D eigenvalue weighted by molar-refractivity contribution is 0.0268. The molecule has 19 heavy (non-hydrogen) atoms. The van der Waals surface area contributed by atoms with Crippen molar-refractivity contribution in [1.82, 2.24) is 10.2 Å². The lowest BCUT2D eigenvalue weighted by Crippen LogP contribution is -2.66. The molecule has 2 aliphatic rings. The Morgan fingerprint density at radius 2 is 2.05 bits per heavy atom. The van der Waals surface area contributed by atoms with E-state index in [2.05, 4.69) is 30.3 Å². The smallest absolute Gasteiger partial charge is 0.0309 e. The molecule has 1 saturated heterocycles. The van der Waals surface area contributed by atoms with Crippen LogP contribution in [0.5, 0.6) is 0 Å². The average Bonchev–Trinajstić information content (AvgIpc) is 2.45. The van der Waals surface area contributed by atoms with E-state index in [-0.39, 0.29) is 0 Å². The molecule has 112 valence electrons. The van der Waals surface area contributed by atoms with Crippen molar-refractivity contribution in [2.45, 2.75) is 76.4 Å². The van der Waals surface area contributed by atoms with Gasteiger partial charge in [0.15, 0.2) is 0 Å². The molecule has 3 heteroatoms. The quantitative estimate of drug-likeness (QED) is 0.831. The molecule has 1 N–H and O–H groups in total. The molecule has 2 atom stereocenters. The maximum absolute atomic E-state index is 3.93. The van der Waals surface area contributed by atoms with Crippen molar-refractivity contribution in [3.63, 3.8) is 0 Å². The molecule has 2 fully saturated rings. The van der Waals surface area contributed by atoms with E-state index in [4.69, 9.17) is 0 Å². The van der Waals surface area contributed by atoms with E-state index < -0.39 is 0 Å². The highest BCUT2D eigenvalue weighted by Gasteiger charge is 2.40. The molecule has 2 nitrogen and oxygen atoms in total. The lowest BCUT2D eigenvalue weighted by atomic mass is 9.79. The zero-order valence-corrected chi connectivity index (χ0v) is 13.9. The van der Waals surface area contributed by atoms with Gasteiger partial charge in [0, 0.05) is 30.7 Å². The van der Waals surface area contributed by atoms with Gasteiger partial charge in [-0.25, -0.2) is 0 Å². The van der Waals surface area contributed by atoms with Gasteiger partial charge in [-0.15, -0.1) is 0 Å². The first-order valence-electron chi connectivity index (χ1n) is 8.20. The van der Waals surface area contributed by atoms with E-state index in [9.17, 15) is 0 Å². The second kappa shape index (κ2) is 7.33. The Kier molecular flexibility index (Phi) is 6.04. The molecule has 1 spiro atoms. The Balaban J connectivity index is 1.99. The zero-order valence-electron chi connectivity index (χ0n) is 13.1. The second-order valence-corrected chi connectivity index (χ2v) is 7.57. The maximum Gasteiger partial charge on any atom is 0.0309 e. The molecule has 1 saturated carbocycles. The topological polar surface area (TPSA) is 15.3 Å². The summed E-state index contributed by atoms with van der Waals surface area (Å²) in [5.41, 5.74) is 0.456. The van der Waals surface area contributed by atoms with Crippen LogP contribution in [-0.2, 0) is 0 Å². The molecule has 1 heterocycles. The van der Waals surface area contributed by atoms with E-state index in [0.29, 0.717) is 5.54 Å². The highest BCUT2D eigenvalue weighted by molar-refractivity contribution is 7.98. The monoisotopic (exact) mass is 284 g/mol. The highest BCUT2D eigenvalue weighted by Crippen LogP contribution is 2.33. The van der Waals surface area contributed by atoms with E-state index >= 15 is 0 Å². The first-order chi connectivity index (χ1) is 9.21. The van der Waals surface area contributed by atoms with Crippen LogP contribution in [0.3, 0.4) is 0 Å². The van der Waals surface area contributed by atoms with E-state index in [1.807, 2.05) is 11.8 Å². The van der Waals surface area contributed by atoms with Crippen LogP contribution in [0, 0.1) is 0 Å². The number of hydrogen-bond donors (Lipinski definition) is 1. The van der Waals surface area contributed by atoms with Gasteiger partial charge in [0.1, 0.15) is 0 Å². The van der Waals surface area contributed by atoms with E-state index in [1.54, 1.807) is 0 Å². The molecule has 1 aliphatic carbocycles. The van der Waals surface area contributed by atoms with Crippen LogP contribution in [0.15, 0.2) is 0 Å². The van der Waals surface area contributed by atoms with E-state index in [0.717, 1.165) is 12.1 Å². The van der Waals surface area contributed by atoms with Gasteiger partial charge in [-0.3, -0.25) is 4.90 Å². The van der Waals surface area contributed by atoms with Gasteiger partial charge in [0.2, 0.25) is 0 Å². The highest BCUT2D eigenvalue weighted by atomic mass is 32.2. The Labute approximate surface area is 124 Å². The number of rotatable bonds is 5. The van der Waals surface area contributed by atoms with Crippen molar-refractivity contribution in [1.29, 1.82) is 0 Å². The van der Waals surface area contributed by atoms with Gasteiger partial charge < -0.3 is 5.32 Å². The van der Waals surface area contributed by atoms with Crippen LogP contribution in [0.25, 0.3) is 0 Å². The van der Waals surface area contributed by atoms with Gasteiger partial charge in [-0.1, -0.05) is 26.2 Å². The predicted molar refractivity (Wildman–Crippen MR) is 87.1 cm³/mol. The number of nitrogens with zero attached hydrogens (tertiary/aromatic N) is 1. The van der Waals surface area contributed by atoms with E-state index in [1.165, 1.54) is 63.8 Å². The molecule has 0 aromatic carbocycles. The second-order valence-electron chi connectivity index (χ2n) is 6.59. The van der Waals surface area contributed by atoms with Crippen LogP contribution in [0.1, 0.15) is 58.8 Å². The fraction of sp³-hybridized carbons (Fsp3) is 1.00. The van der Waals surface area contributed by atoms with Crippen LogP contribution in [0.4, 0.5) is 0 Å². The fourth-order valence-electron chi connectivity index (χ4n) is 3.90. The molecule has 0 aromatic rings. The Morgan fingerprint density at radius 3 is 2.68 bits per heavy atom. The first kappa shape index (κ1) is 15.7. The van der Waals surface area contributed by atoms with Crippen LogP contribution in [-0.4, -0.2) is 47.6 Å². The van der Waals surface area contributed by atoms with Crippen molar-refractivity contribution in [2.24, 2.45) is 0 Å². The minimum absolute atomic E-state index is 0.456. The van der Waals surface area contributed by atoms with Crippen LogP contribution < -0.4 is 5.32 Å². The lowest BCUT2D eigenvalue weighted by Gasteiger charge is -2.51. The average molecular weight is 285 g/mol. The molecule has 0 bridgehead atoms. The largest absolute Gasteiger partial charge is 0.308 e. The van der Waals surface area contributed by atoms with Crippen molar-refractivity contribution in [3.8, 4) is 0 Å². The van der Waals surface area contributed by atoms with Gasteiger partial charge in [0.05, 0.1) is 0 Å². The summed E-state index contributed by atoms with van der Waals surface area (Å²) in [4.78, 5) is 2.83. The first-order valence-corrected chi connectivity index (χ1v) is 9.60. The van der Waals surface area contributed by atoms with Gasteiger partial charge >= 0.3 is 0 Å². The summed E-state index contributed by atoms with van der Waals surface area (Å²) in [5, 5.41) is 3.93. The maximum atomic E-state index is 3.93. The number of hydrogen-bond acceptors (Lipinski definition) is 3. The minimum Gasteiger partial charge on any atom is -0.308 e. The Bertz CT molecular complexity index is 263. The number of piperazine rings is 1. The molecule has 2 unspecified atom stereocenters. The standard InChI is InChI=1S/C16H32N2S/c1-4-15-12-17-16(9-6-5-7-10-16)13-18(15)14(2)8-11-19-3/h14-15,17H,4-13H2,1-3H3. The third-order valence-electron chi connectivity index (χ3n) is 5.25. The van der Waals surface area contributed by atoms with Gasteiger partial charge in [0.25, 0.3) is 0 Å². The normalized spacial score (nSPS) is 29.5. The van der Waals surface area contributed by atoms with Crippen molar-refractivity contribution >= 4 is 11.8 Å². The van der Waals surface area contributed by atoms with Crippen LogP contribution in [0.2, 0.25) is 0 Å². The predicted octanol–water partition coefficient (Wildman–Crippen LogP) is 3.51. The molecule has 0 amide bonds. The third-order valence-corrected chi connectivity index (χ3v) is 5.90. The van der Waals surface area contributed by atoms with Crippen LogP contribution >= 0.6 is 11.8 Å². The minimum atomic E-state index is 0.456.